The van der Waals surface area contributed by atoms with E-state index < -0.39 is 0 Å². The number of hydrogen-bond donors (Lipinski definition) is 2. The van der Waals surface area contributed by atoms with E-state index in [0.29, 0.717) is 11.7 Å². The van der Waals surface area contributed by atoms with Crippen LogP contribution in [0.2, 0.25) is 0 Å². The Morgan fingerprint density at radius 3 is 2.67 bits per heavy atom. The molecule has 0 saturated heterocycles. The Balaban J connectivity index is 2.02. The molecule has 2 nitrogen and oxygen atoms in total. The molecule has 3 N–H and O–H groups in total. The lowest BCUT2D eigenvalue weighted by molar-refractivity contribution is 0.285. The Morgan fingerprint density at radius 2 is 2.13 bits per heavy atom. The Hall–Kier alpha value is -1.25. The van der Waals surface area contributed by atoms with Gasteiger partial charge in [-0.1, -0.05) is 6.42 Å². The first-order chi connectivity index (χ1) is 7.15. The molecule has 1 aromatic carbocycles. The van der Waals surface area contributed by atoms with Crippen molar-refractivity contribution in [3.63, 3.8) is 0 Å². The van der Waals surface area contributed by atoms with Crippen molar-refractivity contribution in [2.45, 2.75) is 32.2 Å². The van der Waals surface area contributed by atoms with Gasteiger partial charge in [-0.15, -0.1) is 0 Å². The number of rotatable bonds is 3. The first-order valence-corrected chi connectivity index (χ1v) is 5.48. The fourth-order valence-corrected chi connectivity index (χ4v) is 2.02. The van der Waals surface area contributed by atoms with Crippen molar-refractivity contribution in [2.24, 2.45) is 5.92 Å². The van der Waals surface area contributed by atoms with Crippen LogP contribution < -0.4 is 11.1 Å². The van der Waals surface area contributed by atoms with E-state index in [1.165, 1.54) is 31.4 Å². The largest absolute Gasteiger partial charge is 0.399 e. The van der Waals surface area contributed by atoms with E-state index >= 15 is 0 Å². The summed E-state index contributed by atoms with van der Waals surface area (Å²) in [5.41, 5.74) is 6.83. The Morgan fingerprint density at radius 1 is 1.40 bits per heavy atom. The van der Waals surface area contributed by atoms with Crippen molar-refractivity contribution in [1.29, 1.82) is 0 Å². The van der Waals surface area contributed by atoms with Gasteiger partial charge in [-0.05, 0) is 43.9 Å². The van der Waals surface area contributed by atoms with E-state index in [1.54, 1.807) is 6.07 Å². The topological polar surface area (TPSA) is 38.0 Å². The molecular formula is C12H17FN2. The van der Waals surface area contributed by atoms with E-state index in [-0.39, 0.29) is 5.82 Å². The maximum absolute atomic E-state index is 13.1. The molecule has 1 saturated carbocycles. The number of nitrogen functional groups attached to an aromatic ring is 1. The monoisotopic (exact) mass is 208 g/mol. The summed E-state index contributed by atoms with van der Waals surface area (Å²) in [6, 6.07) is 5.00. The molecule has 15 heavy (non-hydrogen) atoms. The number of halogens is 1. The molecule has 82 valence electrons. The molecule has 0 radical (unpaired) electrons. The van der Waals surface area contributed by atoms with Crippen LogP contribution >= 0.6 is 0 Å². The highest BCUT2D eigenvalue weighted by Gasteiger charge is 2.23. The summed E-state index contributed by atoms with van der Waals surface area (Å²) in [5, 5.41) is 3.31. The lowest BCUT2D eigenvalue weighted by atomic mass is 9.80. The lowest BCUT2D eigenvalue weighted by Gasteiger charge is -2.32. The molecule has 1 unspecified atom stereocenters. The third-order valence-electron chi connectivity index (χ3n) is 3.17. The second-order valence-electron chi connectivity index (χ2n) is 4.40. The second-order valence-corrected chi connectivity index (χ2v) is 4.40. The fourth-order valence-electron chi connectivity index (χ4n) is 2.02. The average Bonchev–Trinajstić information content (AvgIpc) is 1.96. The van der Waals surface area contributed by atoms with Gasteiger partial charge in [0.15, 0.2) is 0 Å². The minimum atomic E-state index is -0.279. The van der Waals surface area contributed by atoms with E-state index in [1.807, 2.05) is 0 Å². The molecule has 1 aliphatic rings. The number of nitrogens with one attached hydrogen (secondary N) is 1. The van der Waals surface area contributed by atoms with Gasteiger partial charge in [-0.3, -0.25) is 0 Å². The van der Waals surface area contributed by atoms with Gasteiger partial charge in [0.05, 0.1) is 0 Å². The van der Waals surface area contributed by atoms with E-state index in [2.05, 4.69) is 12.2 Å². The highest BCUT2D eigenvalue weighted by Crippen LogP contribution is 2.31. The first-order valence-electron chi connectivity index (χ1n) is 5.48. The zero-order chi connectivity index (χ0) is 10.8. The molecule has 0 bridgehead atoms. The summed E-state index contributed by atoms with van der Waals surface area (Å²) in [6.07, 6.45) is 3.87. The Kier molecular flexibility index (Phi) is 2.80. The standard InChI is InChI=1S/C12H17FN2/c1-8(9-3-2-4-9)15-12-6-10(13)5-11(14)7-12/h5-9,15H,2-4,14H2,1H3. The van der Waals surface area contributed by atoms with Crippen molar-refractivity contribution in [1.82, 2.24) is 0 Å². The predicted molar refractivity (Wildman–Crippen MR) is 61.2 cm³/mol. The highest BCUT2D eigenvalue weighted by atomic mass is 19.1. The third kappa shape index (κ3) is 2.41. The van der Waals surface area contributed by atoms with Gasteiger partial charge in [0, 0.05) is 17.4 Å². The molecule has 0 aromatic heterocycles. The molecule has 0 heterocycles. The normalized spacial score (nSPS) is 18.3. The molecule has 1 atom stereocenters. The van der Waals surface area contributed by atoms with Crippen LogP contribution in [0.25, 0.3) is 0 Å². The minimum Gasteiger partial charge on any atom is -0.399 e. The van der Waals surface area contributed by atoms with Gasteiger partial charge in [0.2, 0.25) is 0 Å². The lowest BCUT2D eigenvalue weighted by Crippen LogP contribution is -2.30. The summed E-state index contributed by atoms with van der Waals surface area (Å²) in [4.78, 5) is 0. The van der Waals surface area contributed by atoms with Crippen LogP contribution in [0.4, 0.5) is 15.8 Å². The van der Waals surface area contributed by atoms with Crippen LogP contribution in [-0.2, 0) is 0 Å². The van der Waals surface area contributed by atoms with Gasteiger partial charge >= 0.3 is 0 Å². The number of anilines is 2. The minimum absolute atomic E-state index is 0.279. The number of benzene rings is 1. The van der Waals surface area contributed by atoms with Crippen LogP contribution in [0.5, 0.6) is 0 Å². The van der Waals surface area contributed by atoms with Gasteiger partial charge in [-0.2, -0.15) is 0 Å². The number of hydrogen-bond acceptors (Lipinski definition) is 2. The van der Waals surface area contributed by atoms with Crippen molar-refractivity contribution in [3.8, 4) is 0 Å². The fraction of sp³-hybridized carbons (Fsp3) is 0.500. The van der Waals surface area contributed by atoms with Crippen molar-refractivity contribution < 1.29 is 4.39 Å². The summed E-state index contributed by atoms with van der Waals surface area (Å²) >= 11 is 0. The van der Waals surface area contributed by atoms with Gasteiger partial charge in [-0.25, -0.2) is 4.39 Å². The summed E-state index contributed by atoms with van der Waals surface area (Å²) in [6.45, 7) is 2.14. The van der Waals surface area contributed by atoms with Crippen molar-refractivity contribution >= 4 is 11.4 Å². The quantitative estimate of drug-likeness (QED) is 0.749. The maximum Gasteiger partial charge on any atom is 0.127 e. The van der Waals surface area contributed by atoms with Crippen LogP contribution in [-0.4, -0.2) is 6.04 Å². The van der Waals surface area contributed by atoms with Crippen LogP contribution in [0.15, 0.2) is 18.2 Å². The van der Waals surface area contributed by atoms with Gasteiger partial charge in [0.1, 0.15) is 5.82 Å². The molecule has 0 amide bonds. The van der Waals surface area contributed by atoms with Gasteiger partial charge < -0.3 is 11.1 Å². The molecule has 0 aliphatic heterocycles. The Labute approximate surface area is 89.7 Å². The Bertz CT molecular complexity index is 327. The molecule has 0 spiro atoms. The molecular weight excluding hydrogens is 191 g/mol. The molecule has 3 heteroatoms. The molecule has 1 aliphatic carbocycles. The van der Waals surface area contributed by atoms with E-state index in [4.69, 9.17) is 5.73 Å². The zero-order valence-corrected chi connectivity index (χ0v) is 8.96. The summed E-state index contributed by atoms with van der Waals surface area (Å²) in [5.74, 6) is 0.452. The molecule has 2 rings (SSSR count). The second kappa shape index (κ2) is 4.09. The van der Waals surface area contributed by atoms with Crippen molar-refractivity contribution in [3.05, 3.63) is 24.0 Å². The average molecular weight is 208 g/mol. The van der Waals surface area contributed by atoms with Crippen molar-refractivity contribution in [2.75, 3.05) is 11.1 Å². The highest BCUT2D eigenvalue weighted by molar-refractivity contribution is 5.55. The van der Waals surface area contributed by atoms with Crippen LogP contribution in [0.3, 0.4) is 0 Å². The van der Waals surface area contributed by atoms with Gasteiger partial charge in [0.25, 0.3) is 0 Å². The van der Waals surface area contributed by atoms with Crippen LogP contribution in [0, 0.1) is 11.7 Å². The van der Waals surface area contributed by atoms with E-state index in [9.17, 15) is 4.39 Å². The molecule has 1 fully saturated rings. The van der Waals surface area contributed by atoms with E-state index in [0.717, 1.165) is 11.6 Å². The molecule has 1 aromatic rings. The zero-order valence-electron chi connectivity index (χ0n) is 8.96. The smallest absolute Gasteiger partial charge is 0.127 e. The first kappa shape index (κ1) is 10.3. The number of nitrogens with two attached hydrogens (primary N) is 1. The SMILES string of the molecule is CC(Nc1cc(N)cc(F)c1)C1CCC1. The predicted octanol–water partition coefficient (Wildman–Crippen LogP) is 3.01. The summed E-state index contributed by atoms with van der Waals surface area (Å²) < 4.78 is 13.1. The van der Waals surface area contributed by atoms with Crippen LogP contribution in [0.1, 0.15) is 26.2 Å². The third-order valence-corrected chi connectivity index (χ3v) is 3.17. The summed E-state index contributed by atoms with van der Waals surface area (Å²) in [7, 11) is 0. The maximum atomic E-state index is 13.1.